The number of anilines is 2. The molecule has 2 aromatic heterocycles. The summed E-state index contributed by atoms with van der Waals surface area (Å²) in [6, 6.07) is 8.09. The van der Waals surface area contributed by atoms with Crippen molar-refractivity contribution in [3.63, 3.8) is 0 Å². The van der Waals surface area contributed by atoms with E-state index in [0.29, 0.717) is 13.1 Å². The van der Waals surface area contributed by atoms with Crippen LogP contribution in [0.3, 0.4) is 0 Å². The van der Waals surface area contributed by atoms with Gasteiger partial charge in [0.1, 0.15) is 16.5 Å². The van der Waals surface area contributed by atoms with Crippen LogP contribution in [0.15, 0.2) is 24.3 Å². The lowest BCUT2D eigenvalue weighted by Crippen LogP contribution is -2.50. The molecule has 0 spiro atoms. The third-order valence-corrected chi connectivity index (χ3v) is 8.26. The number of benzene rings is 1. The maximum absolute atomic E-state index is 12.9. The predicted octanol–water partition coefficient (Wildman–Crippen LogP) is 5.69. The van der Waals surface area contributed by atoms with Gasteiger partial charge in [0.05, 0.1) is 5.39 Å². The van der Waals surface area contributed by atoms with Crippen molar-refractivity contribution >= 4 is 39.1 Å². The average Bonchev–Trinajstić information content (AvgIpc) is 3.21. The molecule has 1 atom stereocenters. The van der Waals surface area contributed by atoms with Crippen LogP contribution < -0.4 is 10.2 Å². The lowest BCUT2D eigenvalue weighted by atomic mass is 9.89. The van der Waals surface area contributed by atoms with E-state index in [0.717, 1.165) is 73.3 Å². The van der Waals surface area contributed by atoms with E-state index in [1.807, 2.05) is 28.4 Å². The molecule has 2 aliphatic rings. The van der Waals surface area contributed by atoms with Crippen LogP contribution in [0.25, 0.3) is 10.2 Å². The molecule has 1 saturated heterocycles. The van der Waals surface area contributed by atoms with Crippen LogP contribution in [0.4, 0.5) is 16.3 Å². The summed E-state index contributed by atoms with van der Waals surface area (Å²) in [5.41, 5.74) is 3.58. The Morgan fingerprint density at radius 3 is 2.76 bits per heavy atom. The number of hydrogen-bond donors (Lipinski definition) is 1. The first kappa shape index (κ1) is 23.1. The lowest BCUT2D eigenvalue weighted by Gasteiger charge is -2.36. The first-order valence-electron chi connectivity index (χ1n) is 12.8. The zero-order valence-corrected chi connectivity index (χ0v) is 21.4. The number of rotatable bonds is 5. The van der Waals surface area contributed by atoms with Gasteiger partial charge in [-0.25, -0.2) is 14.8 Å². The first-order chi connectivity index (χ1) is 16.6. The molecule has 1 aromatic carbocycles. The normalized spacial score (nSPS) is 18.3. The Morgan fingerprint density at radius 2 is 2.00 bits per heavy atom. The van der Waals surface area contributed by atoms with Crippen molar-refractivity contribution in [3.05, 3.63) is 46.1 Å². The number of carbonyl (C=O) groups is 1. The monoisotopic (exact) mass is 477 g/mol. The van der Waals surface area contributed by atoms with Crippen LogP contribution in [0.5, 0.6) is 0 Å². The molecule has 2 amide bonds. The summed E-state index contributed by atoms with van der Waals surface area (Å²) in [5, 5.41) is 4.36. The summed E-state index contributed by atoms with van der Waals surface area (Å²) >= 11 is 1.88. The Labute approximate surface area is 206 Å². The molecule has 1 fully saturated rings. The molecule has 0 saturated carbocycles. The number of amides is 2. The largest absolute Gasteiger partial charge is 0.352 e. The SMILES string of the molecule is CCCc1nc(N2CCN(C(=O)Nc3cccc(CC)c3)CC2)c2c3c(sc2n1)C[C@H](C)CC3. The molecule has 1 aliphatic carbocycles. The molecule has 34 heavy (non-hydrogen) atoms. The zero-order valence-electron chi connectivity index (χ0n) is 20.6. The quantitative estimate of drug-likeness (QED) is 0.513. The smallest absolute Gasteiger partial charge is 0.321 e. The van der Waals surface area contributed by atoms with E-state index in [2.05, 4.69) is 43.1 Å². The number of piperazine rings is 1. The Morgan fingerprint density at radius 1 is 1.18 bits per heavy atom. The third kappa shape index (κ3) is 4.63. The van der Waals surface area contributed by atoms with Crippen LogP contribution in [-0.2, 0) is 25.7 Å². The highest BCUT2D eigenvalue weighted by Gasteiger charge is 2.28. The van der Waals surface area contributed by atoms with Gasteiger partial charge in [0.25, 0.3) is 0 Å². The van der Waals surface area contributed by atoms with Crippen molar-refractivity contribution in [1.29, 1.82) is 0 Å². The van der Waals surface area contributed by atoms with Gasteiger partial charge in [-0.2, -0.15) is 0 Å². The van der Waals surface area contributed by atoms with Gasteiger partial charge in [0, 0.05) is 43.2 Å². The van der Waals surface area contributed by atoms with E-state index < -0.39 is 0 Å². The van der Waals surface area contributed by atoms with E-state index in [1.165, 1.54) is 27.8 Å². The van der Waals surface area contributed by atoms with Gasteiger partial charge in [-0.15, -0.1) is 11.3 Å². The van der Waals surface area contributed by atoms with Crippen molar-refractivity contribution in [2.45, 2.75) is 59.3 Å². The molecule has 3 aromatic rings. The molecule has 180 valence electrons. The van der Waals surface area contributed by atoms with Gasteiger partial charge in [0.2, 0.25) is 0 Å². The molecule has 1 N–H and O–H groups in total. The summed E-state index contributed by atoms with van der Waals surface area (Å²) in [5.74, 6) is 2.79. The fraction of sp³-hybridized carbons (Fsp3) is 0.519. The van der Waals surface area contributed by atoms with Crippen molar-refractivity contribution in [1.82, 2.24) is 14.9 Å². The number of aryl methyl sites for hydroxylation is 3. The highest BCUT2D eigenvalue weighted by atomic mass is 32.1. The number of carbonyl (C=O) groups excluding carboxylic acids is 1. The minimum Gasteiger partial charge on any atom is -0.352 e. The Kier molecular flexibility index (Phi) is 6.73. The molecular weight excluding hydrogens is 442 g/mol. The Hall–Kier alpha value is -2.67. The number of hydrogen-bond acceptors (Lipinski definition) is 5. The summed E-state index contributed by atoms with van der Waals surface area (Å²) in [6.45, 7) is 9.63. The minimum atomic E-state index is -0.0192. The van der Waals surface area contributed by atoms with E-state index in [4.69, 9.17) is 9.97 Å². The molecule has 0 radical (unpaired) electrons. The molecule has 5 rings (SSSR count). The van der Waals surface area contributed by atoms with Crippen molar-refractivity contribution in [2.24, 2.45) is 5.92 Å². The summed E-state index contributed by atoms with van der Waals surface area (Å²) < 4.78 is 0. The van der Waals surface area contributed by atoms with Crippen LogP contribution in [0, 0.1) is 5.92 Å². The molecule has 0 bridgehead atoms. The molecule has 3 heterocycles. The van der Waals surface area contributed by atoms with Crippen LogP contribution in [-0.4, -0.2) is 47.1 Å². The van der Waals surface area contributed by atoms with Gasteiger partial charge < -0.3 is 15.1 Å². The minimum absolute atomic E-state index is 0.0192. The van der Waals surface area contributed by atoms with Gasteiger partial charge in [0.15, 0.2) is 0 Å². The van der Waals surface area contributed by atoms with E-state index >= 15 is 0 Å². The fourth-order valence-corrected chi connectivity index (χ4v) is 6.52. The Balaban J connectivity index is 1.35. The maximum Gasteiger partial charge on any atom is 0.321 e. The standard InChI is InChI=1S/C27H35N5OS/c1-4-7-23-29-25(24-21-11-10-18(3)16-22(21)34-26(24)30-23)31-12-14-32(15-13-31)27(33)28-20-9-6-8-19(5-2)17-20/h6,8-9,17-18H,4-5,7,10-16H2,1-3H3,(H,28,33)/t18-/m1/s1. The highest BCUT2D eigenvalue weighted by Crippen LogP contribution is 2.41. The second kappa shape index (κ2) is 9.90. The topological polar surface area (TPSA) is 61.4 Å². The van der Waals surface area contributed by atoms with Crippen molar-refractivity contribution in [2.75, 3.05) is 36.4 Å². The molecule has 6 nitrogen and oxygen atoms in total. The molecule has 1 aliphatic heterocycles. The first-order valence-corrected chi connectivity index (χ1v) is 13.6. The number of urea groups is 1. The average molecular weight is 478 g/mol. The van der Waals surface area contributed by atoms with Crippen LogP contribution in [0.1, 0.15) is 55.4 Å². The lowest BCUT2D eigenvalue weighted by molar-refractivity contribution is 0.208. The summed E-state index contributed by atoms with van der Waals surface area (Å²) in [7, 11) is 0. The van der Waals surface area contributed by atoms with Gasteiger partial charge in [-0.1, -0.05) is 32.9 Å². The number of fused-ring (bicyclic) bond motifs is 3. The highest BCUT2D eigenvalue weighted by molar-refractivity contribution is 7.19. The number of nitrogens with zero attached hydrogens (tertiary/aromatic N) is 4. The summed E-state index contributed by atoms with van der Waals surface area (Å²) in [6.07, 6.45) is 6.43. The van der Waals surface area contributed by atoms with Gasteiger partial charge in [-0.05, 0) is 61.3 Å². The van der Waals surface area contributed by atoms with E-state index in [9.17, 15) is 4.79 Å². The second-order valence-electron chi connectivity index (χ2n) is 9.70. The second-order valence-corrected chi connectivity index (χ2v) is 10.8. The zero-order chi connectivity index (χ0) is 23.7. The number of nitrogens with one attached hydrogen (secondary N) is 1. The Bertz CT molecular complexity index is 1180. The van der Waals surface area contributed by atoms with Crippen molar-refractivity contribution in [3.8, 4) is 0 Å². The van der Waals surface area contributed by atoms with Crippen LogP contribution in [0.2, 0.25) is 0 Å². The van der Waals surface area contributed by atoms with E-state index in [1.54, 1.807) is 0 Å². The van der Waals surface area contributed by atoms with Crippen molar-refractivity contribution < 1.29 is 4.79 Å². The number of aromatic nitrogens is 2. The fourth-order valence-electron chi connectivity index (χ4n) is 5.12. The van der Waals surface area contributed by atoms with E-state index in [-0.39, 0.29) is 6.03 Å². The molecule has 0 unspecified atom stereocenters. The predicted molar refractivity (Wildman–Crippen MR) is 141 cm³/mol. The van der Waals surface area contributed by atoms with Gasteiger partial charge in [-0.3, -0.25) is 0 Å². The molecule has 7 heteroatoms. The van der Waals surface area contributed by atoms with Crippen LogP contribution >= 0.6 is 11.3 Å². The van der Waals surface area contributed by atoms with Gasteiger partial charge >= 0.3 is 6.03 Å². The third-order valence-electron chi connectivity index (χ3n) is 7.11. The summed E-state index contributed by atoms with van der Waals surface area (Å²) in [4.78, 5) is 29.9. The maximum atomic E-state index is 12.9. The number of thiophene rings is 1. The molecular formula is C27H35N5OS.